The van der Waals surface area contributed by atoms with Crippen molar-refractivity contribution >= 4 is 29.6 Å². The monoisotopic (exact) mass is 409 g/mol. The number of nitrogens with zero attached hydrogens (tertiary/aromatic N) is 1. The zero-order valence-electron chi connectivity index (χ0n) is 16.1. The molecule has 4 rings (SSSR count). The van der Waals surface area contributed by atoms with Crippen molar-refractivity contribution in [3.63, 3.8) is 0 Å². The van der Waals surface area contributed by atoms with Crippen LogP contribution in [0.1, 0.15) is 12.5 Å². The van der Waals surface area contributed by atoms with E-state index >= 15 is 0 Å². The largest absolute Gasteiger partial charge is 0.493 e. The Kier molecular flexibility index (Phi) is 5.25. The molecule has 2 aliphatic rings. The van der Waals surface area contributed by atoms with E-state index in [1.165, 1.54) is 6.08 Å². The number of para-hydroxylation sites is 1. The van der Waals surface area contributed by atoms with Gasteiger partial charge in [0.25, 0.3) is 5.91 Å². The molecule has 2 aromatic carbocycles. The second-order valence-corrected chi connectivity index (χ2v) is 6.47. The molecule has 30 heavy (non-hydrogen) atoms. The number of hydrogen-bond donors (Lipinski definition) is 2. The van der Waals surface area contributed by atoms with E-state index in [1.807, 2.05) is 13.0 Å². The number of benzene rings is 2. The molecular weight excluding hydrogens is 390 g/mol. The number of nitrogens with one attached hydrogen (secondary N) is 2. The lowest BCUT2D eigenvalue weighted by Crippen LogP contribution is -2.38. The van der Waals surface area contributed by atoms with Gasteiger partial charge in [0.1, 0.15) is 18.0 Å². The minimum absolute atomic E-state index is 0.0346. The molecule has 1 saturated heterocycles. The predicted octanol–water partition coefficient (Wildman–Crippen LogP) is 2.35. The van der Waals surface area contributed by atoms with Crippen LogP contribution in [0.5, 0.6) is 17.2 Å². The molecule has 154 valence electrons. The van der Waals surface area contributed by atoms with Crippen LogP contribution in [0.2, 0.25) is 0 Å². The normalized spacial score (nSPS) is 16.0. The van der Waals surface area contributed by atoms with Crippen molar-refractivity contribution in [2.45, 2.75) is 6.92 Å². The van der Waals surface area contributed by atoms with Crippen LogP contribution < -0.4 is 24.8 Å². The van der Waals surface area contributed by atoms with E-state index in [0.717, 1.165) is 4.90 Å². The maximum Gasteiger partial charge on any atom is 0.329 e. The number of amides is 4. The first kappa shape index (κ1) is 19.3. The van der Waals surface area contributed by atoms with E-state index in [0.29, 0.717) is 35.1 Å². The van der Waals surface area contributed by atoms with Gasteiger partial charge in [-0.1, -0.05) is 18.2 Å². The first-order valence-electron chi connectivity index (χ1n) is 9.31. The third-order valence-electron chi connectivity index (χ3n) is 4.43. The van der Waals surface area contributed by atoms with Gasteiger partial charge in [0, 0.05) is 17.3 Å². The summed E-state index contributed by atoms with van der Waals surface area (Å²) in [5.74, 6) is 0.451. The fourth-order valence-corrected chi connectivity index (χ4v) is 3.07. The molecule has 4 amide bonds. The van der Waals surface area contributed by atoms with Gasteiger partial charge in [-0.05, 0) is 31.2 Å². The Balaban J connectivity index is 1.52. The smallest absolute Gasteiger partial charge is 0.329 e. The Bertz CT molecular complexity index is 1030. The summed E-state index contributed by atoms with van der Waals surface area (Å²) < 4.78 is 16.3. The van der Waals surface area contributed by atoms with Crippen LogP contribution in [-0.4, -0.2) is 42.7 Å². The molecule has 2 N–H and O–H groups in total. The topological polar surface area (TPSA) is 106 Å². The summed E-state index contributed by atoms with van der Waals surface area (Å²) in [5.41, 5.74) is 1.15. The summed E-state index contributed by atoms with van der Waals surface area (Å²) in [6, 6.07) is 11.4. The van der Waals surface area contributed by atoms with Gasteiger partial charge in [0.2, 0.25) is 12.7 Å². The van der Waals surface area contributed by atoms with E-state index in [4.69, 9.17) is 14.2 Å². The lowest BCUT2D eigenvalue weighted by Gasteiger charge is -2.12. The van der Waals surface area contributed by atoms with Gasteiger partial charge < -0.3 is 24.8 Å². The highest BCUT2D eigenvalue weighted by molar-refractivity contribution is 6.16. The molecule has 0 aromatic heterocycles. The summed E-state index contributed by atoms with van der Waals surface area (Å²) in [7, 11) is 0. The number of carbonyl (C=O) groups excluding carboxylic acids is 3. The van der Waals surface area contributed by atoms with Gasteiger partial charge in [0.05, 0.1) is 6.61 Å². The molecule has 2 heterocycles. The highest BCUT2D eigenvalue weighted by atomic mass is 16.7. The fraction of sp³-hybridized carbons (Fsp3) is 0.190. The number of imide groups is 1. The van der Waals surface area contributed by atoms with Gasteiger partial charge >= 0.3 is 6.03 Å². The Hall–Kier alpha value is -4.01. The molecule has 2 aliphatic heterocycles. The quantitative estimate of drug-likeness (QED) is 0.560. The molecule has 0 saturated carbocycles. The Morgan fingerprint density at radius 3 is 2.67 bits per heavy atom. The number of hydrogen-bond acceptors (Lipinski definition) is 6. The number of fused-ring (bicyclic) bond motifs is 1. The number of carbonyl (C=O) groups is 3. The molecule has 0 unspecified atom stereocenters. The molecule has 9 nitrogen and oxygen atoms in total. The summed E-state index contributed by atoms with van der Waals surface area (Å²) in [6.45, 7) is 1.93. The summed E-state index contributed by atoms with van der Waals surface area (Å²) >= 11 is 0. The summed E-state index contributed by atoms with van der Waals surface area (Å²) in [4.78, 5) is 38.1. The van der Waals surface area contributed by atoms with Crippen molar-refractivity contribution in [1.82, 2.24) is 10.2 Å². The lowest BCUT2D eigenvalue weighted by atomic mass is 10.1. The van der Waals surface area contributed by atoms with E-state index in [9.17, 15) is 14.4 Å². The number of anilines is 1. The number of urea groups is 1. The highest BCUT2D eigenvalue weighted by Gasteiger charge is 2.35. The zero-order chi connectivity index (χ0) is 21.1. The van der Waals surface area contributed by atoms with Gasteiger partial charge in [-0.25, -0.2) is 9.69 Å². The first-order valence-corrected chi connectivity index (χ1v) is 9.31. The second kappa shape index (κ2) is 8.16. The van der Waals surface area contributed by atoms with Crippen molar-refractivity contribution < 1.29 is 28.6 Å². The van der Waals surface area contributed by atoms with Crippen LogP contribution in [0, 0.1) is 0 Å². The lowest BCUT2D eigenvalue weighted by molar-refractivity contribution is -0.127. The van der Waals surface area contributed by atoms with Crippen molar-refractivity contribution in [2.75, 3.05) is 25.3 Å². The Morgan fingerprint density at radius 1 is 1.20 bits per heavy atom. The van der Waals surface area contributed by atoms with Crippen LogP contribution in [0.4, 0.5) is 10.5 Å². The molecule has 1 fully saturated rings. The standard InChI is InChI=1S/C21H19N3O6/c1-2-28-16-10-18-17(29-12-30-18)9-13(16)8-15-20(26)24(21(27)23-15)11-19(25)22-14-6-4-3-5-7-14/h3-10H,2,11-12H2,1H3,(H,22,25)(H,23,27)/b15-8+. The highest BCUT2D eigenvalue weighted by Crippen LogP contribution is 2.39. The molecule has 0 spiro atoms. The van der Waals surface area contributed by atoms with E-state index in [1.54, 1.807) is 36.4 Å². The third kappa shape index (κ3) is 3.90. The maximum atomic E-state index is 12.7. The van der Waals surface area contributed by atoms with Crippen molar-refractivity contribution in [2.24, 2.45) is 0 Å². The average Bonchev–Trinajstić information content (AvgIpc) is 3.28. The van der Waals surface area contributed by atoms with Crippen LogP contribution in [0.15, 0.2) is 48.2 Å². The van der Waals surface area contributed by atoms with E-state index < -0.39 is 24.4 Å². The summed E-state index contributed by atoms with van der Waals surface area (Å²) in [5, 5.41) is 5.15. The van der Waals surface area contributed by atoms with E-state index in [-0.39, 0.29) is 12.5 Å². The molecule has 2 aromatic rings. The second-order valence-electron chi connectivity index (χ2n) is 6.47. The molecule has 0 aliphatic carbocycles. The minimum atomic E-state index is -0.673. The van der Waals surface area contributed by atoms with E-state index in [2.05, 4.69) is 10.6 Å². The fourth-order valence-electron chi connectivity index (χ4n) is 3.07. The SMILES string of the molecule is CCOc1cc2c(cc1/C=C1/NC(=O)N(CC(=O)Nc3ccccc3)C1=O)OCO2. The maximum absolute atomic E-state index is 12.7. The van der Waals surface area contributed by atoms with Crippen molar-refractivity contribution in [3.8, 4) is 17.2 Å². The minimum Gasteiger partial charge on any atom is -0.493 e. The Morgan fingerprint density at radius 2 is 1.93 bits per heavy atom. The van der Waals surface area contributed by atoms with Gasteiger partial charge in [-0.15, -0.1) is 0 Å². The van der Waals surface area contributed by atoms with Crippen LogP contribution in [-0.2, 0) is 9.59 Å². The molecule has 0 atom stereocenters. The van der Waals surface area contributed by atoms with Gasteiger partial charge in [0.15, 0.2) is 11.5 Å². The van der Waals surface area contributed by atoms with Crippen LogP contribution >= 0.6 is 0 Å². The van der Waals surface area contributed by atoms with Crippen molar-refractivity contribution in [3.05, 3.63) is 53.7 Å². The van der Waals surface area contributed by atoms with Crippen molar-refractivity contribution in [1.29, 1.82) is 0 Å². The number of rotatable bonds is 6. The first-order chi connectivity index (χ1) is 14.5. The molecular formula is C21H19N3O6. The Labute approximate surface area is 172 Å². The molecule has 9 heteroatoms. The molecule has 0 radical (unpaired) electrons. The average molecular weight is 409 g/mol. The van der Waals surface area contributed by atoms with Crippen LogP contribution in [0.25, 0.3) is 6.08 Å². The zero-order valence-corrected chi connectivity index (χ0v) is 16.1. The molecule has 0 bridgehead atoms. The van der Waals surface area contributed by atoms with Gasteiger partial charge in [-0.2, -0.15) is 0 Å². The van der Waals surface area contributed by atoms with Crippen LogP contribution in [0.3, 0.4) is 0 Å². The summed E-state index contributed by atoms with van der Waals surface area (Å²) in [6.07, 6.45) is 1.49. The predicted molar refractivity (Wildman–Crippen MR) is 107 cm³/mol. The third-order valence-corrected chi connectivity index (χ3v) is 4.43. The van der Waals surface area contributed by atoms with Gasteiger partial charge in [-0.3, -0.25) is 9.59 Å². The number of ether oxygens (including phenoxy) is 3.